The summed E-state index contributed by atoms with van der Waals surface area (Å²) in [4.78, 5) is 0. The highest BCUT2D eigenvalue weighted by atomic mass is 19.4. The zero-order valence-corrected chi connectivity index (χ0v) is 10.4. The minimum Gasteiger partial charge on any atom is -0.311 e. The third kappa shape index (κ3) is 3.36. The molecule has 4 heteroatoms. The van der Waals surface area contributed by atoms with E-state index >= 15 is 0 Å². The summed E-state index contributed by atoms with van der Waals surface area (Å²) in [6.07, 6.45) is 1.87. The lowest BCUT2D eigenvalue weighted by Gasteiger charge is -2.37. The number of hydrogen-bond donors (Lipinski definition) is 1. The molecule has 1 nitrogen and oxygen atoms in total. The van der Waals surface area contributed by atoms with Crippen LogP contribution in [0.4, 0.5) is 13.2 Å². The van der Waals surface area contributed by atoms with Crippen LogP contribution in [0.5, 0.6) is 0 Å². The molecule has 0 saturated heterocycles. The topological polar surface area (TPSA) is 12.0 Å². The minimum absolute atomic E-state index is 0.304. The molecule has 2 rings (SSSR count). The molecule has 0 bridgehead atoms. The van der Waals surface area contributed by atoms with Crippen molar-refractivity contribution in [3.8, 4) is 0 Å². The van der Waals surface area contributed by atoms with Crippen molar-refractivity contribution < 1.29 is 13.2 Å². The fourth-order valence-corrected chi connectivity index (χ4v) is 3.04. The number of halogens is 3. The van der Waals surface area contributed by atoms with E-state index in [0.29, 0.717) is 37.8 Å². The molecular weight excluding hydrogens is 227 g/mol. The van der Waals surface area contributed by atoms with Crippen molar-refractivity contribution in [2.75, 3.05) is 0 Å². The van der Waals surface area contributed by atoms with Crippen molar-refractivity contribution >= 4 is 0 Å². The highest BCUT2D eigenvalue weighted by molar-refractivity contribution is 4.86. The molecule has 17 heavy (non-hydrogen) atoms. The SMILES string of the molecule is CC(NC1CCC(C(F)(F)F)CC1)C1CCC1. The van der Waals surface area contributed by atoms with Crippen molar-refractivity contribution in [3.63, 3.8) is 0 Å². The van der Waals surface area contributed by atoms with Crippen LogP contribution >= 0.6 is 0 Å². The third-order valence-electron chi connectivity index (χ3n) is 4.55. The van der Waals surface area contributed by atoms with E-state index in [1.807, 2.05) is 0 Å². The number of hydrogen-bond acceptors (Lipinski definition) is 1. The Bertz CT molecular complexity index is 240. The summed E-state index contributed by atoms with van der Waals surface area (Å²) in [5.41, 5.74) is 0. The highest BCUT2D eigenvalue weighted by Gasteiger charge is 2.41. The largest absolute Gasteiger partial charge is 0.391 e. The monoisotopic (exact) mass is 249 g/mol. The van der Waals surface area contributed by atoms with Gasteiger partial charge in [0.2, 0.25) is 0 Å². The fourth-order valence-electron chi connectivity index (χ4n) is 3.04. The number of rotatable bonds is 3. The van der Waals surface area contributed by atoms with E-state index in [1.54, 1.807) is 0 Å². The summed E-state index contributed by atoms with van der Waals surface area (Å²) < 4.78 is 37.5. The quantitative estimate of drug-likeness (QED) is 0.800. The Morgan fingerprint density at radius 1 is 1.00 bits per heavy atom. The van der Waals surface area contributed by atoms with Gasteiger partial charge in [0.25, 0.3) is 0 Å². The summed E-state index contributed by atoms with van der Waals surface area (Å²) in [7, 11) is 0. The molecule has 0 spiro atoms. The normalized spacial score (nSPS) is 33.2. The molecular formula is C13H22F3N. The second kappa shape index (κ2) is 5.17. The summed E-state index contributed by atoms with van der Waals surface area (Å²) >= 11 is 0. The van der Waals surface area contributed by atoms with Crippen molar-refractivity contribution in [3.05, 3.63) is 0 Å². The fraction of sp³-hybridized carbons (Fsp3) is 1.00. The van der Waals surface area contributed by atoms with E-state index in [0.717, 1.165) is 5.92 Å². The standard InChI is InChI=1S/C13H22F3N/c1-9(10-3-2-4-10)17-12-7-5-11(6-8-12)13(14,15)16/h9-12,17H,2-8H2,1H3. The lowest BCUT2D eigenvalue weighted by molar-refractivity contribution is -0.182. The smallest absolute Gasteiger partial charge is 0.311 e. The lowest BCUT2D eigenvalue weighted by atomic mass is 9.79. The van der Waals surface area contributed by atoms with Crippen LogP contribution in [0, 0.1) is 11.8 Å². The summed E-state index contributed by atoms with van der Waals surface area (Å²) in [5.74, 6) is -0.296. The predicted octanol–water partition coefficient (Wildman–Crippen LogP) is 3.89. The van der Waals surface area contributed by atoms with Gasteiger partial charge in [0.15, 0.2) is 0 Å². The maximum Gasteiger partial charge on any atom is 0.391 e. The van der Waals surface area contributed by atoms with Gasteiger partial charge in [-0.05, 0) is 51.4 Å². The summed E-state index contributed by atoms with van der Waals surface area (Å²) in [6, 6.07) is 0.792. The molecule has 2 aliphatic rings. The van der Waals surface area contributed by atoms with Gasteiger partial charge in [0.1, 0.15) is 0 Å². The Balaban J connectivity index is 1.71. The zero-order valence-electron chi connectivity index (χ0n) is 10.4. The number of nitrogens with one attached hydrogen (secondary N) is 1. The van der Waals surface area contributed by atoms with Gasteiger partial charge in [0, 0.05) is 12.1 Å². The average Bonchev–Trinajstić information content (AvgIpc) is 2.13. The molecule has 0 amide bonds. The van der Waals surface area contributed by atoms with Crippen molar-refractivity contribution in [1.29, 1.82) is 0 Å². The van der Waals surface area contributed by atoms with Gasteiger partial charge >= 0.3 is 6.18 Å². The Labute approximate surface area is 101 Å². The minimum atomic E-state index is -3.98. The number of alkyl halides is 3. The molecule has 1 atom stereocenters. The molecule has 1 N–H and O–H groups in total. The van der Waals surface area contributed by atoms with Crippen LogP contribution in [0.1, 0.15) is 51.9 Å². The van der Waals surface area contributed by atoms with E-state index in [-0.39, 0.29) is 0 Å². The van der Waals surface area contributed by atoms with Crippen LogP contribution in [0.25, 0.3) is 0 Å². The molecule has 2 aliphatic carbocycles. The first-order valence-corrected chi connectivity index (χ1v) is 6.79. The van der Waals surface area contributed by atoms with E-state index in [1.165, 1.54) is 19.3 Å². The van der Waals surface area contributed by atoms with Crippen LogP contribution in [0.2, 0.25) is 0 Å². The van der Waals surface area contributed by atoms with Crippen LogP contribution in [0.3, 0.4) is 0 Å². The second-order valence-electron chi connectivity index (χ2n) is 5.74. The maximum atomic E-state index is 12.5. The zero-order chi connectivity index (χ0) is 12.5. The van der Waals surface area contributed by atoms with E-state index < -0.39 is 12.1 Å². The van der Waals surface area contributed by atoms with Gasteiger partial charge in [-0.3, -0.25) is 0 Å². The van der Waals surface area contributed by atoms with Gasteiger partial charge in [-0.2, -0.15) is 13.2 Å². The predicted molar refractivity (Wildman–Crippen MR) is 61.7 cm³/mol. The first-order valence-electron chi connectivity index (χ1n) is 6.79. The van der Waals surface area contributed by atoms with Gasteiger partial charge in [-0.25, -0.2) is 0 Å². The Kier molecular flexibility index (Phi) is 4.01. The van der Waals surface area contributed by atoms with Gasteiger partial charge in [-0.1, -0.05) is 6.42 Å². The Morgan fingerprint density at radius 2 is 1.59 bits per heavy atom. The van der Waals surface area contributed by atoms with E-state index in [9.17, 15) is 13.2 Å². The van der Waals surface area contributed by atoms with Gasteiger partial charge < -0.3 is 5.32 Å². The second-order valence-corrected chi connectivity index (χ2v) is 5.74. The van der Waals surface area contributed by atoms with Crippen molar-refractivity contribution in [1.82, 2.24) is 5.32 Å². The average molecular weight is 249 g/mol. The Hall–Kier alpha value is -0.250. The molecule has 0 heterocycles. The first kappa shape index (κ1) is 13.2. The Morgan fingerprint density at radius 3 is 2.00 bits per heavy atom. The molecule has 2 saturated carbocycles. The molecule has 0 aromatic carbocycles. The van der Waals surface area contributed by atoms with Crippen LogP contribution in [-0.4, -0.2) is 18.3 Å². The lowest BCUT2D eigenvalue weighted by Crippen LogP contribution is -2.45. The van der Waals surface area contributed by atoms with Gasteiger partial charge in [0.05, 0.1) is 5.92 Å². The highest BCUT2D eigenvalue weighted by Crippen LogP contribution is 2.38. The molecule has 1 unspecified atom stereocenters. The molecule has 0 radical (unpaired) electrons. The summed E-state index contributed by atoms with van der Waals surface area (Å²) in [5, 5.41) is 3.53. The van der Waals surface area contributed by atoms with E-state index in [2.05, 4.69) is 12.2 Å². The van der Waals surface area contributed by atoms with Crippen LogP contribution in [0.15, 0.2) is 0 Å². The van der Waals surface area contributed by atoms with Crippen molar-refractivity contribution in [2.24, 2.45) is 11.8 Å². The first-order chi connectivity index (χ1) is 7.97. The molecule has 2 fully saturated rings. The maximum absolute atomic E-state index is 12.5. The summed E-state index contributed by atoms with van der Waals surface area (Å²) in [6.45, 7) is 2.18. The van der Waals surface area contributed by atoms with E-state index in [4.69, 9.17) is 0 Å². The van der Waals surface area contributed by atoms with Crippen LogP contribution < -0.4 is 5.32 Å². The molecule has 100 valence electrons. The van der Waals surface area contributed by atoms with Crippen LogP contribution in [-0.2, 0) is 0 Å². The molecule has 0 aromatic heterocycles. The van der Waals surface area contributed by atoms with Gasteiger partial charge in [-0.15, -0.1) is 0 Å². The van der Waals surface area contributed by atoms with Crippen molar-refractivity contribution in [2.45, 2.75) is 70.1 Å². The molecule has 0 aromatic rings. The molecule has 0 aliphatic heterocycles. The third-order valence-corrected chi connectivity index (χ3v) is 4.55.